The van der Waals surface area contributed by atoms with Crippen LogP contribution >= 0.6 is 27.5 Å². The van der Waals surface area contributed by atoms with Gasteiger partial charge in [-0.25, -0.2) is 0 Å². The van der Waals surface area contributed by atoms with E-state index in [0.29, 0.717) is 28.8 Å². The minimum absolute atomic E-state index is 0.166. The zero-order chi connectivity index (χ0) is 12.2. The molecule has 0 saturated heterocycles. The molecule has 0 spiro atoms. The van der Waals surface area contributed by atoms with Crippen LogP contribution in [0.2, 0.25) is 0 Å². The zero-order valence-corrected chi connectivity index (χ0v) is 10.5. The summed E-state index contributed by atoms with van der Waals surface area (Å²) in [6, 6.07) is 4.40. The Morgan fingerprint density at radius 1 is 1.31 bits per heavy atom. The highest BCUT2D eigenvalue weighted by Crippen LogP contribution is 2.29. The van der Waals surface area contributed by atoms with Crippen LogP contribution in [-0.2, 0) is 6.42 Å². The molecule has 0 atom stereocenters. The number of aryl methyl sites for hydroxylation is 1. The second-order valence-electron chi connectivity index (χ2n) is 3.09. The highest BCUT2D eigenvalue weighted by Gasteiger charge is 2.31. The van der Waals surface area contributed by atoms with Crippen LogP contribution in [0.25, 0.3) is 0 Å². The van der Waals surface area contributed by atoms with Gasteiger partial charge in [-0.2, -0.15) is 0 Å². The Kier molecular flexibility index (Phi) is 4.92. The first kappa shape index (κ1) is 13.6. The van der Waals surface area contributed by atoms with E-state index in [4.69, 9.17) is 11.6 Å². The van der Waals surface area contributed by atoms with Crippen LogP contribution in [0, 0.1) is 0 Å². The van der Waals surface area contributed by atoms with Crippen molar-refractivity contribution in [3.63, 3.8) is 0 Å². The Morgan fingerprint density at radius 3 is 2.56 bits per heavy atom. The van der Waals surface area contributed by atoms with Crippen LogP contribution in [0.5, 0.6) is 5.75 Å². The summed E-state index contributed by atoms with van der Waals surface area (Å²) in [5.41, 5.74) is 0.493. The van der Waals surface area contributed by atoms with Gasteiger partial charge < -0.3 is 4.74 Å². The molecule has 0 aromatic heterocycles. The van der Waals surface area contributed by atoms with E-state index in [-0.39, 0.29) is 5.75 Å². The van der Waals surface area contributed by atoms with Gasteiger partial charge in [-0.3, -0.25) is 0 Å². The average Bonchev–Trinajstić information content (AvgIpc) is 2.16. The molecular weight excluding hydrogens is 308 g/mol. The van der Waals surface area contributed by atoms with Crippen molar-refractivity contribution < 1.29 is 17.9 Å². The highest BCUT2D eigenvalue weighted by atomic mass is 79.9. The molecule has 0 N–H and O–H groups in total. The molecular formula is C10H9BrClF3O. The third kappa shape index (κ3) is 4.61. The maximum absolute atomic E-state index is 12.1. The molecule has 1 aromatic carbocycles. The van der Waals surface area contributed by atoms with Gasteiger partial charge in [-0.05, 0) is 36.6 Å². The van der Waals surface area contributed by atoms with Gasteiger partial charge in [0.25, 0.3) is 0 Å². The second kappa shape index (κ2) is 5.77. The van der Waals surface area contributed by atoms with Crippen molar-refractivity contribution >= 4 is 27.5 Å². The van der Waals surface area contributed by atoms with E-state index in [1.165, 1.54) is 12.1 Å². The molecule has 1 aromatic rings. The molecule has 0 fully saturated rings. The van der Waals surface area contributed by atoms with Gasteiger partial charge in [0.15, 0.2) is 0 Å². The lowest BCUT2D eigenvalue weighted by atomic mass is 10.1. The molecule has 0 aliphatic heterocycles. The lowest BCUT2D eigenvalue weighted by molar-refractivity contribution is -0.274. The lowest BCUT2D eigenvalue weighted by Crippen LogP contribution is -2.18. The number of halogens is 5. The van der Waals surface area contributed by atoms with E-state index in [1.54, 1.807) is 6.07 Å². The smallest absolute Gasteiger partial charge is 0.406 e. The van der Waals surface area contributed by atoms with E-state index in [0.717, 1.165) is 0 Å². The fourth-order valence-corrected chi connectivity index (χ4v) is 1.77. The van der Waals surface area contributed by atoms with Gasteiger partial charge >= 0.3 is 6.36 Å². The van der Waals surface area contributed by atoms with Crippen molar-refractivity contribution in [3.8, 4) is 5.75 Å². The lowest BCUT2D eigenvalue weighted by Gasteiger charge is -2.13. The van der Waals surface area contributed by atoms with E-state index >= 15 is 0 Å². The van der Waals surface area contributed by atoms with E-state index in [1.807, 2.05) is 0 Å². The number of rotatable bonds is 4. The van der Waals surface area contributed by atoms with Gasteiger partial charge in [-0.1, -0.05) is 15.9 Å². The molecule has 0 aliphatic carbocycles. The Balaban J connectivity index is 2.89. The molecule has 0 saturated carbocycles. The maximum atomic E-state index is 12.1. The molecule has 6 heteroatoms. The maximum Gasteiger partial charge on any atom is 0.573 e. The van der Waals surface area contributed by atoms with E-state index in [2.05, 4.69) is 20.7 Å². The summed E-state index contributed by atoms with van der Waals surface area (Å²) in [7, 11) is 0. The summed E-state index contributed by atoms with van der Waals surface area (Å²) in [4.78, 5) is 0. The molecule has 0 heterocycles. The first-order chi connectivity index (χ1) is 7.42. The number of hydrogen-bond donors (Lipinski definition) is 0. The van der Waals surface area contributed by atoms with Crippen LogP contribution in [0.15, 0.2) is 22.7 Å². The van der Waals surface area contributed by atoms with Crippen molar-refractivity contribution in [2.24, 2.45) is 0 Å². The Morgan fingerprint density at radius 2 is 2.00 bits per heavy atom. The zero-order valence-electron chi connectivity index (χ0n) is 8.15. The molecule has 0 unspecified atom stereocenters. The summed E-state index contributed by atoms with van der Waals surface area (Å²) in [6.45, 7) is 0. The summed E-state index contributed by atoms with van der Waals surface area (Å²) < 4.78 is 40.9. The third-order valence-corrected chi connectivity index (χ3v) is 2.59. The van der Waals surface area contributed by atoms with Crippen molar-refractivity contribution in [1.82, 2.24) is 0 Å². The minimum atomic E-state index is -4.66. The second-order valence-corrected chi connectivity index (χ2v) is 4.39. The predicted octanol–water partition coefficient (Wildman–Crippen LogP) is 4.52. The van der Waals surface area contributed by atoms with E-state index < -0.39 is 6.36 Å². The number of benzene rings is 1. The standard InChI is InChI=1S/C10H9BrClF3O/c11-8-3-4-9(16-10(13,14)15)7(6-8)2-1-5-12/h3-4,6H,1-2,5H2. The Bertz CT molecular complexity index is 354. The van der Waals surface area contributed by atoms with Crippen LogP contribution < -0.4 is 4.74 Å². The quantitative estimate of drug-likeness (QED) is 0.742. The van der Waals surface area contributed by atoms with Gasteiger partial charge in [-0.15, -0.1) is 24.8 Å². The SMILES string of the molecule is FC(F)(F)Oc1ccc(Br)cc1CCCCl. The minimum Gasteiger partial charge on any atom is -0.406 e. The molecule has 1 rings (SSSR count). The van der Waals surface area contributed by atoms with Crippen molar-refractivity contribution in [2.75, 3.05) is 5.88 Å². The molecule has 16 heavy (non-hydrogen) atoms. The number of alkyl halides is 4. The first-order valence-electron chi connectivity index (χ1n) is 4.52. The fraction of sp³-hybridized carbons (Fsp3) is 0.400. The molecule has 0 aliphatic rings. The van der Waals surface area contributed by atoms with Crippen molar-refractivity contribution in [3.05, 3.63) is 28.2 Å². The highest BCUT2D eigenvalue weighted by molar-refractivity contribution is 9.10. The largest absolute Gasteiger partial charge is 0.573 e. The van der Waals surface area contributed by atoms with Gasteiger partial charge in [0, 0.05) is 10.4 Å². The monoisotopic (exact) mass is 316 g/mol. The summed E-state index contributed by atoms with van der Waals surface area (Å²) in [6.07, 6.45) is -3.61. The third-order valence-electron chi connectivity index (χ3n) is 1.83. The van der Waals surface area contributed by atoms with Crippen molar-refractivity contribution in [1.29, 1.82) is 0 Å². The van der Waals surface area contributed by atoms with Crippen molar-refractivity contribution in [2.45, 2.75) is 19.2 Å². The van der Waals surface area contributed by atoms with Crippen LogP contribution in [0.1, 0.15) is 12.0 Å². The Labute approximate surface area is 105 Å². The average molecular weight is 318 g/mol. The molecule has 0 amide bonds. The molecule has 1 nitrogen and oxygen atoms in total. The van der Waals surface area contributed by atoms with Gasteiger partial charge in [0.1, 0.15) is 5.75 Å². The summed E-state index contributed by atoms with van der Waals surface area (Å²) >= 11 is 8.70. The van der Waals surface area contributed by atoms with Gasteiger partial charge in [0.05, 0.1) is 0 Å². The topological polar surface area (TPSA) is 9.23 Å². The molecule has 0 radical (unpaired) electrons. The van der Waals surface area contributed by atoms with Crippen LogP contribution in [0.4, 0.5) is 13.2 Å². The predicted molar refractivity (Wildman–Crippen MR) is 59.9 cm³/mol. The van der Waals surface area contributed by atoms with E-state index in [9.17, 15) is 13.2 Å². The normalized spacial score (nSPS) is 11.6. The molecule has 0 bridgehead atoms. The van der Waals surface area contributed by atoms with Crippen LogP contribution in [0.3, 0.4) is 0 Å². The van der Waals surface area contributed by atoms with Crippen LogP contribution in [-0.4, -0.2) is 12.2 Å². The van der Waals surface area contributed by atoms with Gasteiger partial charge in [0.2, 0.25) is 0 Å². The first-order valence-corrected chi connectivity index (χ1v) is 5.85. The summed E-state index contributed by atoms with van der Waals surface area (Å²) in [5.74, 6) is 0.235. The molecule has 90 valence electrons. The summed E-state index contributed by atoms with van der Waals surface area (Å²) in [5, 5.41) is 0. The number of ether oxygens (including phenoxy) is 1. The Hall–Kier alpha value is -0.420. The number of hydrogen-bond acceptors (Lipinski definition) is 1. The fourth-order valence-electron chi connectivity index (χ4n) is 1.22.